The van der Waals surface area contributed by atoms with Gasteiger partial charge in [-0.05, 0) is 25.6 Å². The van der Waals surface area contributed by atoms with E-state index in [0.717, 1.165) is 26.1 Å². The van der Waals surface area contributed by atoms with Gasteiger partial charge in [-0.1, -0.05) is 19.0 Å². The fourth-order valence-corrected chi connectivity index (χ4v) is 1.79. The molecule has 1 aromatic heterocycles. The molecular formula is C14H21N3O3. The molecule has 0 bridgehead atoms. The molecule has 0 amide bonds. The van der Waals surface area contributed by atoms with E-state index in [0.29, 0.717) is 18.1 Å². The summed E-state index contributed by atoms with van der Waals surface area (Å²) >= 11 is 0. The quantitative estimate of drug-likeness (QED) is 0.373. The van der Waals surface area contributed by atoms with Crippen LogP contribution in [0.4, 0.5) is 0 Å². The van der Waals surface area contributed by atoms with Gasteiger partial charge < -0.3 is 9.64 Å². The Labute approximate surface area is 119 Å². The maximum atomic E-state index is 11.4. The van der Waals surface area contributed by atoms with Gasteiger partial charge in [0.1, 0.15) is 6.54 Å². The van der Waals surface area contributed by atoms with Gasteiger partial charge in [0, 0.05) is 24.4 Å². The second-order valence-corrected chi connectivity index (χ2v) is 4.32. The predicted molar refractivity (Wildman–Crippen MR) is 77.1 cm³/mol. The Hall–Kier alpha value is -1.82. The number of nitroso groups, excluding NO2 is 1. The first-order chi connectivity index (χ1) is 9.71. The van der Waals surface area contributed by atoms with E-state index in [-0.39, 0.29) is 12.3 Å². The number of hydrogen-bond acceptors (Lipinski definition) is 6. The normalized spacial score (nSPS) is 10.6. The van der Waals surface area contributed by atoms with Crippen molar-refractivity contribution in [2.24, 2.45) is 5.18 Å². The number of aromatic nitrogens is 1. The van der Waals surface area contributed by atoms with Crippen LogP contribution in [0.3, 0.4) is 0 Å². The van der Waals surface area contributed by atoms with Gasteiger partial charge in [0.2, 0.25) is 5.88 Å². The Morgan fingerprint density at radius 1 is 1.35 bits per heavy atom. The number of carbonyl (C=O) groups is 1. The fraction of sp³-hybridized carbons (Fsp3) is 0.571. The highest BCUT2D eigenvalue weighted by Gasteiger charge is 2.06. The molecule has 0 aromatic carbocycles. The molecule has 110 valence electrons. The van der Waals surface area contributed by atoms with Crippen LogP contribution in [-0.4, -0.2) is 48.5 Å². The van der Waals surface area contributed by atoms with Crippen LogP contribution in [0.2, 0.25) is 0 Å². The van der Waals surface area contributed by atoms with Gasteiger partial charge in [0.25, 0.3) is 0 Å². The summed E-state index contributed by atoms with van der Waals surface area (Å²) in [6.45, 7) is 7.57. The van der Waals surface area contributed by atoms with E-state index in [1.807, 2.05) is 0 Å². The summed E-state index contributed by atoms with van der Waals surface area (Å²) < 4.78 is 5.51. The Morgan fingerprint density at radius 2 is 2.10 bits per heavy atom. The van der Waals surface area contributed by atoms with Gasteiger partial charge in [0.05, 0.1) is 6.61 Å². The van der Waals surface area contributed by atoms with Crippen LogP contribution in [0.1, 0.15) is 30.6 Å². The lowest BCUT2D eigenvalue weighted by molar-refractivity contribution is 0.100. The molecule has 0 saturated heterocycles. The van der Waals surface area contributed by atoms with Crippen molar-refractivity contribution in [3.05, 3.63) is 28.8 Å². The number of ether oxygens (including phenoxy) is 1. The van der Waals surface area contributed by atoms with Crippen molar-refractivity contribution < 1.29 is 9.53 Å². The number of Topliss-reactive ketones (excluding diaryl/α,β-unsaturated/α-hetero) is 1. The highest BCUT2D eigenvalue weighted by atomic mass is 16.5. The average molecular weight is 279 g/mol. The van der Waals surface area contributed by atoms with Gasteiger partial charge in [-0.3, -0.25) is 4.79 Å². The molecule has 1 rings (SSSR count). The average Bonchev–Trinajstić information content (AvgIpc) is 2.48. The topological polar surface area (TPSA) is 71.9 Å². The third-order valence-corrected chi connectivity index (χ3v) is 3.03. The van der Waals surface area contributed by atoms with Crippen LogP contribution < -0.4 is 4.74 Å². The molecule has 1 aromatic rings. The van der Waals surface area contributed by atoms with E-state index in [1.54, 1.807) is 12.1 Å². The highest BCUT2D eigenvalue weighted by molar-refractivity contribution is 5.97. The van der Waals surface area contributed by atoms with Crippen molar-refractivity contribution in [3.8, 4) is 5.88 Å². The van der Waals surface area contributed by atoms with E-state index in [2.05, 4.69) is 28.9 Å². The summed E-state index contributed by atoms with van der Waals surface area (Å²) in [5.74, 6) is 0.153. The van der Waals surface area contributed by atoms with Crippen LogP contribution in [0, 0.1) is 4.91 Å². The second kappa shape index (κ2) is 9.14. The first-order valence-electron chi connectivity index (χ1n) is 6.84. The van der Waals surface area contributed by atoms with Gasteiger partial charge in [0.15, 0.2) is 5.78 Å². The summed E-state index contributed by atoms with van der Waals surface area (Å²) in [7, 11) is 0. The maximum absolute atomic E-state index is 11.4. The van der Waals surface area contributed by atoms with Crippen molar-refractivity contribution in [2.45, 2.75) is 20.3 Å². The van der Waals surface area contributed by atoms with Gasteiger partial charge in [-0.15, -0.1) is 0 Å². The molecule has 0 atom stereocenters. The van der Waals surface area contributed by atoms with Crippen LogP contribution in [-0.2, 0) is 0 Å². The first kappa shape index (κ1) is 16.2. The fourth-order valence-electron chi connectivity index (χ4n) is 1.79. The number of rotatable bonds is 10. The Balaban J connectivity index is 2.35. The van der Waals surface area contributed by atoms with E-state index < -0.39 is 0 Å². The smallest absolute Gasteiger partial charge is 0.213 e. The highest BCUT2D eigenvalue weighted by Crippen LogP contribution is 2.08. The Morgan fingerprint density at radius 3 is 2.65 bits per heavy atom. The van der Waals surface area contributed by atoms with Crippen molar-refractivity contribution in [1.29, 1.82) is 0 Å². The maximum Gasteiger partial charge on any atom is 0.213 e. The minimum absolute atomic E-state index is 0.333. The van der Waals surface area contributed by atoms with E-state index >= 15 is 0 Å². The number of pyridine rings is 1. The molecule has 0 aliphatic carbocycles. The molecular weight excluding hydrogens is 258 g/mol. The lowest BCUT2D eigenvalue weighted by Crippen LogP contribution is -2.25. The first-order valence-corrected chi connectivity index (χ1v) is 6.84. The van der Waals surface area contributed by atoms with E-state index in [1.165, 1.54) is 6.20 Å². The third-order valence-electron chi connectivity index (χ3n) is 3.03. The standard InChI is InChI=1S/C14H21N3O3/c1-3-17(4-2)8-5-9-20-14-7-6-12(10-15-14)13(18)11-16-19/h6-7,10H,3-5,8-9,11H2,1-2H3. The Kier molecular flexibility index (Phi) is 7.42. The molecule has 0 spiro atoms. The van der Waals surface area contributed by atoms with Gasteiger partial charge in [-0.25, -0.2) is 4.98 Å². The van der Waals surface area contributed by atoms with Crippen LogP contribution in [0.15, 0.2) is 23.5 Å². The van der Waals surface area contributed by atoms with Crippen molar-refractivity contribution in [1.82, 2.24) is 9.88 Å². The van der Waals surface area contributed by atoms with Crippen molar-refractivity contribution in [3.63, 3.8) is 0 Å². The third kappa shape index (κ3) is 5.44. The molecule has 20 heavy (non-hydrogen) atoms. The minimum atomic E-state index is -0.355. The molecule has 1 heterocycles. The largest absolute Gasteiger partial charge is 0.478 e. The number of hydrogen-bond donors (Lipinski definition) is 0. The molecule has 0 radical (unpaired) electrons. The minimum Gasteiger partial charge on any atom is -0.478 e. The summed E-state index contributed by atoms with van der Waals surface area (Å²) in [4.78, 5) is 27.8. The monoisotopic (exact) mass is 279 g/mol. The molecule has 6 heteroatoms. The number of ketones is 1. The lowest BCUT2D eigenvalue weighted by atomic mass is 10.2. The zero-order valence-corrected chi connectivity index (χ0v) is 12.0. The number of nitrogens with zero attached hydrogens (tertiary/aromatic N) is 3. The molecule has 0 saturated carbocycles. The summed E-state index contributed by atoms with van der Waals surface area (Å²) in [6.07, 6.45) is 2.34. The van der Waals surface area contributed by atoms with Crippen molar-refractivity contribution in [2.75, 3.05) is 32.8 Å². The molecule has 0 fully saturated rings. The SMILES string of the molecule is CCN(CC)CCCOc1ccc(C(=O)CN=O)cn1. The number of carbonyl (C=O) groups excluding carboxylic acids is 1. The van der Waals surface area contributed by atoms with Crippen molar-refractivity contribution >= 4 is 5.78 Å². The molecule has 0 aliphatic heterocycles. The van der Waals surface area contributed by atoms with Gasteiger partial charge in [-0.2, -0.15) is 4.91 Å². The summed E-state index contributed by atoms with van der Waals surface area (Å²) in [5.41, 5.74) is 0.375. The Bertz CT molecular complexity index is 416. The van der Waals surface area contributed by atoms with E-state index in [9.17, 15) is 9.70 Å². The molecule has 0 N–H and O–H groups in total. The molecule has 0 unspecified atom stereocenters. The van der Waals surface area contributed by atoms with Gasteiger partial charge >= 0.3 is 0 Å². The van der Waals surface area contributed by atoms with Crippen LogP contribution >= 0.6 is 0 Å². The lowest BCUT2D eigenvalue weighted by Gasteiger charge is -2.17. The summed E-state index contributed by atoms with van der Waals surface area (Å²) in [5, 5.41) is 2.56. The molecule has 6 nitrogen and oxygen atoms in total. The predicted octanol–water partition coefficient (Wildman–Crippen LogP) is 2.14. The van der Waals surface area contributed by atoms with Crippen LogP contribution in [0.25, 0.3) is 0 Å². The van der Waals surface area contributed by atoms with E-state index in [4.69, 9.17) is 4.74 Å². The second-order valence-electron chi connectivity index (χ2n) is 4.32. The zero-order chi connectivity index (χ0) is 14.8. The van der Waals surface area contributed by atoms with Crippen LogP contribution in [0.5, 0.6) is 5.88 Å². The summed E-state index contributed by atoms with van der Waals surface area (Å²) in [6, 6.07) is 3.23. The molecule has 0 aliphatic rings. The zero-order valence-electron chi connectivity index (χ0n) is 12.0.